The molecular formula is C18H23BrN2. The molecule has 112 valence electrons. The molecule has 2 aromatic rings. The van der Waals surface area contributed by atoms with Crippen LogP contribution in [-0.4, -0.2) is 15.1 Å². The number of nitrogens with zero attached hydrogens (tertiary/aromatic N) is 2. The molecule has 2 nitrogen and oxygen atoms in total. The summed E-state index contributed by atoms with van der Waals surface area (Å²) < 4.78 is 2.21. The molecule has 1 heterocycles. The average Bonchev–Trinajstić information content (AvgIpc) is 3.03. The fourth-order valence-corrected chi connectivity index (χ4v) is 3.88. The minimum atomic E-state index is 0.501. The van der Waals surface area contributed by atoms with Gasteiger partial charge in [-0.3, -0.25) is 4.68 Å². The van der Waals surface area contributed by atoms with Crippen LogP contribution in [0.15, 0.2) is 42.6 Å². The molecule has 1 aliphatic carbocycles. The van der Waals surface area contributed by atoms with Crippen LogP contribution in [0.25, 0.3) is 0 Å². The van der Waals surface area contributed by atoms with Crippen molar-refractivity contribution in [2.45, 2.75) is 50.5 Å². The van der Waals surface area contributed by atoms with Gasteiger partial charge < -0.3 is 0 Å². The molecule has 1 fully saturated rings. The van der Waals surface area contributed by atoms with Gasteiger partial charge in [-0.15, -0.1) is 0 Å². The van der Waals surface area contributed by atoms with Crippen molar-refractivity contribution in [2.24, 2.45) is 0 Å². The molecule has 3 heteroatoms. The van der Waals surface area contributed by atoms with Crippen molar-refractivity contribution in [3.63, 3.8) is 0 Å². The van der Waals surface area contributed by atoms with Crippen molar-refractivity contribution < 1.29 is 0 Å². The molecule has 0 amide bonds. The Morgan fingerprint density at radius 2 is 1.86 bits per heavy atom. The minimum Gasteiger partial charge on any atom is -0.269 e. The third-order valence-electron chi connectivity index (χ3n) is 4.53. The summed E-state index contributed by atoms with van der Waals surface area (Å²) in [7, 11) is 0. The monoisotopic (exact) mass is 346 g/mol. The molecule has 1 saturated carbocycles. The van der Waals surface area contributed by atoms with Crippen LogP contribution in [0.5, 0.6) is 0 Å². The van der Waals surface area contributed by atoms with Gasteiger partial charge >= 0.3 is 0 Å². The highest BCUT2D eigenvalue weighted by Crippen LogP contribution is 2.28. The molecule has 0 N–H and O–H groups in total. The Hall–Kier alpha value is -1.09. The zero-order valence-electron chi connectivity index (χ0n) is 12.4. The molecule has 1 aliphatic rings. The van der Waals surface area contributed by atoms with Gasteiger partial charge in [-0.25, -0.2) is 0 Å². The molecule has 0 bridgehead atoms. The Labute approximate surface area is 135 Å². The summed E-state index contributed by atoms with van der Waals surface area (Å²) in [6.07, 6.45) is 9.88. The molecule has 21 heavy (non-hydrogen) atoms. The Bertz CT molecular complexity index is 543. The van der Waals surface area contributed by atoms with Gasteiger partial charge in [-0.2, -0.15) is 5.10 Å². The number of rotatable bonds is 5. The summed E-state index contributed by atoms with van der Waals surface area (Å²) >= 11 is 3.66. The number of hydrogen-bond acceptors (Lipinski definition) is 1. The smallest absolute Gasteiger partial charge is 0.0631 e. The van der Waals surface area contributed by atoms with Crippen LogP contribution in [0.3, 0.4) is 0 Å². The fraction of sp³-hybridized carbons (Fsp3) is 0.500. The van der Waals surface area contributed by atoms with E-state index in [0.29, 0.717) is 12.0 Å². The maximum Gasteiger partial charge on any atom is 0.0631 e. The van der Waals surface area contributed by atoms with E-state index in [9.17, 15) is 0 Å². The first-order valence-corrected chi connectivity index (χ1v) is 9.14. The predicted molar refractivity (Wildman–Crippen MR) is 91.0 cm³/mol. The lowest BCUT2D eigenvalue weighted by molar-refractivity contribution is 0.328. The van der Waals surface area contributed by atoms with Gasteiger partial charge in [0.05, 0.1) is 11.7 Å². The number of halogens is 1. The molecule has 0 saturated heterocycles. The number of hydrogen-bond donors (Lipinski definition) is 0. The summed E-state index contributed by atoms with van der Waals surface area (Å²) in [6.45, 7) is 0. The molecule has 0 spiro atoms. The van der Waals surface area contributed by atoms with Crippen LogP contribution < -0.4 is 0 Å². The molecule has 0 aliphatic heterocycles. The van der Waals surface area contributed by atoms with E-state index in [1.807, 2.05) is 0 Å². The topological polar surface area (TPSA) is 17.8 Å². The van der Waals surface area contributed by atoms with Crippen LogP contribution >= 0.6 is 15.9 Å². The molecule has 1 aromatic carbocycles. The third-order valence-corrected chi connectivity index (χ3v) is 5.31. The van der Waals surface area contributed by atoms with E-state index in [0.717, 1.165) is 11.8 Å². The van der Waals surface area contributed by atoms with Crippen LogP contribution in [-0.2, 0) is 6.42 Å². The third kappa shape index (κ3) is 3.76. The van der Waals surface area contributed by atoms with E-state index in [1.54, 1.807) is 0 Å². The summed E-state index contributed by atoms with van der Waals surface area (Å²) in [5.74, 6) is 0.501. The molecular weight excluding hydrogens is 324 g/mol. The first kappa shape index (κ1) is 14.8. The van der Waals surface area contributed by atoms with Crippen molar-refractivity contribution >= 4 is 15.9 Å². The van der Waals surface area contributed by atoms with Gasteiger partial charge in [0.15, 0.2) is 0 Å². The second-order valence-electron chi connectivity index (χ2n) is 6.04. The molecule has 1 aromatic heterocycles. The standard InChI is InChI=1S/C18H23BrN2/c19-14-16(15-7-3-1-4-8-15)13-17-11-12-21(20-17)18-9-5-2-6-10-18/h1,3-4,7-8,11-12,16,18H,2,5-6,9-10,13-14H2. The summed E-state index contributed by atoms with van der Waals surface area (Å²) in [4.78, 5) is 0. The quantitative estimate of drug-likeness (QED) is 0.687. The van der Waals surface area contributed by atoms with E-state index in [4.69, 9.17) is 5.10 Å². The van der Waals surface area contributed by atoms with Crippen LogP contribution in [0.2, 0.25) is 0 Å². The first-order chi connectivity index (χ1) is 10.4. The lowest BCUT2D eigenvalue weighted by Gasteiger charge is -2.22. The average molecular weight is 347 g/mol. The van der Waals surface area contributed by atoms with Gasteiger partial charge in [0.2, 0.25) is 0 Å². The van der Waals surface area contributed by atoms with Gasteiger partial charge in [0.25, 0.3) is 0 Å². The Kier molecular flexibility index (Phi) is 5.13. The zero-order chi connectivity index (χ0) is 14.5. The predicted octanol–water partition coefficient (Wildman–Crippen LogP) is 5.11. The van der Waals surface area contributed by atoms with E-state index in [-0.39, 0.29) is 0 Å². The minimum absolute atomic E-state index is 0.501. The normalized spacial score (nSPS) is 17.8. The van der Waals surface area contributed by atoms with Gasteiger partial charge in [-0.05, 0) is 36.8 Å². The molecule has 1 atom stereocenters. The maximum absolute atomic E-state index is 4.84. The maximum atomic E-state index is 4.84. The summed E-state index contributed by atoms with van der Waals surface area (Å²) in [5.41, 5.74) is 2.61. The van der Waals surface area contributed by atoms with Gasteiger partial charge in [0, 0.05) is 11.5 Å². The summed E-state index contributed by atoms with van der Waals surface area (Å²) in [6, 6.07) is 13.6. The lowest BCUT2D eigenvalue weighted by Crippen LogP contribution is -2.14. The van der Waals surface area contributed by atoms with E-state index >= 15 is 0 Å². The highest BCUT2D eigenvalue weighted by Gasteiger charge is 2.17. The van der Waals surface area contributed by atoms with Crippen molar-refractivity contribution in [2.75, 3.05) is 5.33 Å². The van der Waals surface area contributed by atoms with E-state index in [2.05, 4.69) is 63.2 Å². The van der Waals surface area contributed by atoms with Crippen LogP contribution in [0.1, 0.15) is 55.3 Å². The number of alkyl halides is 1. The second kappa shape index (κ2) is 7.26. The highest BCUT2D eigenvalue weighted by molar-refractivity contribution is 9.09. The van der Waals surface area contributed by atoms with Gasteiger partial charge in [-0.1, -0.05) is 65.5 Å². The van der Waals surface area contributed by atoms with Crippen LogP contribution in [0.4, 0.5) is 0 Å². The van der Waals surface area contributed by atoms with Crippen molar-refractivity contribution in [3.05, 3.63) is 53.9 Å². The van der Waals surface area contributed by atoms with E-state index < -0.39 is 0 Å². The molecule has 3 rings (SSSR count). The largest absolute Gasteiger partial charge is 0.269 e. The van der Waals surface area contributed by atoms with Crippen LogP contribution in [0, 0.1) is 0 Å². The SMILES string of the molecule is BrCC(Cc1ccn(C2CCCCC2)n1)c1ccccc1. The first-order valence-electron chi connectivity index (χ1n) is 8.02. The Balaban J connectivity index is 1.68. The highest BCUT2D eigenvalue weighted by atomic mass is 79.9. The lowest BCUT2D eigenvalue weighted by atomic mass is 9.96. The molecule has 1 unspecified atom stereocenters. The van der Waals surface area contributed by atoms with E-state index in [1.165, 1.54) is 43.4 Å². The Morgan fingerprint density at radius 3 is 2.57 bits per heavy atom. The molecule has 0 radical (unpaired) electrons. The fourth-order valence-electron chi connectivity index (χ4n) is 3.27. The zero-order valence-corrected chi connectivity index (χ0v) is 14.0. The number of aromatic nitrogens is 2. The van der Waals surface area contributed by atoms with Crippen molar-refractivity contribution in [1.29, 1.82) is 0 Å². The Morgan fingerprint density at radius 1 is 1.10 bits per heavy atom. The second-order valence-corrected chi connectivity index (χ2v) is 6.69. The van der Waals surface area contributed by atoms with Gasteiger partial charge in [0.1, 0.15) is 0 Å². The summed E-state index contributed by atoms with van der Waals surface area (Å²) in [5, 5.41) is 5.82. The number of benzene rings is 1. The van der Waals surface area contributed by atoms with Crippen molar-refractivity contribution in [3.8, 4) is 0 Å². The van der Waals surface area contributed by atoms with Crippen molar-refractivity contribution in [1.82, 2.24) is 9.78 Å².